The fraction of sp³-hybridized carbons (Fsp3) is 0.320. The quantitative estimate of drug-likeness (QED) is 0.374. The molecule has 178 valence electrons. The van der Waals surface area contributed by atoms with Crippen LogP contribution in [0, 0.1) is 6.92 Å². The number of para-hydroxylation sites is 2. The molecule has 0 unspecified atom stereocenters. The van der Waals surface area contributed by atoms with Crippen LogP contribution in [0.2, 0.25) is 0 Å². The van der Waals surface area contributed by atoms with Crippen LogP contribution in [0.4, 0.5) is 5.13 Å². The van der Waals surface area contributed by atoms with Crippen molar-refractivity contribution in [3.05, 3.63) is 72.1 Å². The molecule has 1 saturated heterocycles. The van der Waals surface area contributed by atoms with Crippen LogP contribution in [0.5, 0.6) is 0 Å². The number of hydrogen-bond acceptors (Lipinski definition) is 6. The lowest BCUT2D eigenvalue weighted by Crippen LogP contribution is -2.39. The molecule has 2 aromatic heterocycles. The lowest BCUT2D eigenvalue weighted by atomic mass is 10.2. The molecule has 0 radical (unpaired) electrons. The van der Waals surface area contributed by atoms with Crippen LogP contribution in [-0.2, 0) is 4.74 Å². The number of nitrogens with zero attached hydrogens (tertiary/aromatic N) is 5. The fourth-order valence-corrected chi connectivity index (χ4v) is 5.12. The number of fused-ring (bicyclic) bond motifs is 1. The van der Waals surface area contributed by atoms with Gasteiger partial charge in [0, 0.05) is 26.2 Å². The van der Waals surface area contributed by atoms with E-state index in [-0.39, 0.29) is 18.3 Å². The second-order valence-electron chi connectivity index (χ2n) is 8.12. The number of morpholine rings is 1. The Labute approximate surface area is 209 Å². The van der Waals surface area contributed by atoms with Crippen LogP contribution in [0.3, 0.4) is 0 Å². The average molecular weight is 498 g/mol. The molecule has 0 spiro atoms. The Bertz CT molecular complexity index is 1200. The van der Waals surface area contributed by atoms with Gasteiger partial charge in [-0.3, -0.25) is 14.6 Å². The molecule has 1 aliphatic rings. The van der Waals surface area contributed by atoms with Crippen molar-refractivity contribution >= 4 is 45.0 Å². The number of rotatable bonds is 7. The molecular weight excluding hydrogens is 470 g/mol. The molecule has 5 rings (SSSR count). The van der Waals surface area contributed by atoms with Gasteiger partial charge >= 0.3 is 0 Å². The van der Waals surface area contributed by atoms with E-state index >= 15 is 0 Å². The summed E-state index contributed by atoms with van der Waals surface area (Å²) in [5.41, 5.74) is 3.28. The average Bonchev–Trinajstić information content (AvgIpc) is 3.46. The molecule has 1 aliphatic heterocycles. The summed E-state index contributed by atoms with van der Waals surface area (Å²) in [5, 5.41) is 5.24. The summed E-state index contributed by atoms with van der Waals surface area (Å²) in [7, 11) is 0. The van der Waals surface area contributed by atoms with E-state index in [4.69, 9.17) is 9.72 Å². The second-order valence-corrected chi connectivity index (χ2v) is 9.13. The van der Waals surface area contributed by atoms with Gasteiger partial charge in [-0.05, 0) is 37.6 Å². The first kappa shape index (κ1) is 24.3. The largest absolute Gasteiger partial charge is 0.379 e. The van der Waals surface area contributed by atoms with Crippen LogP contribution >= 0.6 is 23.7 Å². The highest BCUT2D eigenvalue weighted by molar-refractivity contribution is 7.22. The summed E-state index contributed by atoms with van der Waals surface area (Å²) in [5.74, 6) is -0.0595. The van der Waals surface area contributed by atoms with E-state index in [2.05, 4.69) is 10.00 Å². The number of hydrogen-bond donors (Lipinski definition) is 0. The summed E-state index contributed by atoms with van der Waals surface area (Å²) in [6.45, 7) is 6.91. The van der Waals surface area contributed by atoms with Gasteiger partial charge in [-0.25, -0.2) is 9.67 Å². The van der Waals surface area contributed by atoms with Gasteiger partial charge in [0.25, 0.3) is 5.91 Å². The van der Waals surface area contributed by atoms with Gasteiger partial charge in [-0.15, -0.1) is 12.4 Å². The summed E-state index contributed by atoms with van der Waals surface area (Å²) in [6.07, 6.45) is 2.54. The topological polar surface area (TPSA) is 63.5 Å². The highest BCUT2D eigenvalue weighted by Gasteiger charge is 2.25. The van der Waals surface area contributed by atoms with Crippen LogP contribution in [-0.4, -0.2) is 65.0 Å². The number of carbonyl (C=O) groups excluding carboxylic acids is 1. The van der Waals surface area contributed by atoms with Crippen molar-refractivity contribution in [2.45, 2.75) is 13.3 Å². The number of thiazole rings is 1. The van der Waals surface area contributed by atoms with Gasteiger partial charge in [-0.1, -0.05) is 41.7 Å². The molecule has 0 aliphatic carbocycles. The minimum Gasteiger partial charge on any atom is -0.379 e. The third-order valence-electron chi connectivity index (χ3n) is 5.96. The fourth-order valence-electron chi connectivity index (χ4n) is 4.13. The number of halogens is 1. The second kappa shape index (κ2) is 11.1. The Kier molecular flexibility index (Phi) is 7.95. The van der Waals surface area contributed by atoms with Crippen LogP contribution in [0.15, 0.2) is 60.8 Å². The Hall–Kier alpha value is -2.78. The maximum absolute atomic E-state index is 13.8. The van der Waals surface area contributed by atoms with Gasteiger partial charge in [0.05, 0.1) is 46.6 Å². The van der Waals surface area contributed by atoms with E-state index in [0.29, 0.717) is 12.1 Å². The van der Waals surface area contributed by atoms with E-state index in [9.17, 15) is 4.79 Å². The number of anilines is 1. The zero-order chi connectivity index (χ0) is 22.6. The number of carbonyl (C=O) groups is 1. The molecule has 1 amide bonds. The Morgan fingerprint density at radius 1 is 1.09 bits per heavy atom. The predicted molar refractivity (Wildman–Crippen MR) is 139 cm³/mol. The molecule has 0 atom stereocenters. The smallest absolute Gasteiger partial charge is 0.263 e. The zero-order valence-electron chi connectivity index (χ0n) is 19.1. The van der Waals surface area contributed by atoms with E-state index in [1.54, 1.807) is 17.5 Å². The third kappa shape index (κ3) is 5.15. The van der Waals surface area contributed by atoms with Crippen LogP contribution in [0.25, 0.3) is 15.9 Å². The van der Waals surface area contributed by atoms with Crippen molar-refractivity contribution in [3.8, 4) is 5.69 Å². The Morgan fingerprint density at radius 3 is 2.59 bits per heavy atom. The van der Waals surface area contributed by atoms with E-state index < -0.39 is 0 Å². The van der Waals surface area contributed by atoms with Crippen molar-refractivity contribution in [1.82, 2.24) is 19.7 Å². The zero-order valence-corrected chi connectivity index (χ0v) is 20.7. The monoisotopic (exact) mass is 497 g/mol. The first-order chi connectivity index (χ1) is 16.2. The van der Waals surface area contributed by atoms with Crippen molar-refractivity contribution in [3.63, 3.8) is 0 Å². The van der Waals surface area contributed by atoms with Crippen LogP contribution < -0.4 is 4.90 Å². The number of benzene rings is 2. The van der Waals surface area contributed by atoms with E-state index in [1.165, 1.54) is 0 Å². The van der Waals surface area contributed by atoms with Crippen molar-refractivity contribution < 1.29 is 9.53 Å². The minimum absolute atomic E-state index is 0. The Balaban J connectivity index is 0.00000274. The van der Waals surface area contributed by atoms with E-state index in [1.807, 2.05) is 71.1 Å². The molecule has 2 aromatic carbocycles. The Morgan fingerprint density at radius 2 is 1.82 bits per heavy atom. The molecule has 9 heteroatoms. The molecule has 34 heavy (non-hydrogen) atoms. The predicted octanol–water partition coefficient (Wildman–Crippen LogP) is 4.58. The van der Waals surface area contributed by atoms with Crippen molar-refractivity contribution in [1.29, 1.82) is 0 Å². The highest BCUT2D eigenvalue weighted by Crippen LogP contribution is 2.30. The highest BCUT2D eigenvalue weighted by atomic mass is 35.5. The SMILES string of the molecule is Cc1c(C(=O)N(CCCN2CCOCC2)c2nc3ccccc3s2)cnn1-c1ccccc1.Cl. The third-order valence-corrected chi connectivity index (χ3v) is 7.02. The molecule has 0 N–H and O–H groups in total. The number of aromatic nitrogens is 3. The number of ether oxygens (including phenoxy) is 1. The lowest BCUT2D eigenvalue weighted by Gasteiger charge is -2.27. The van der Waals surface area contributed by atoms with Gasteiger partial charge in [0.15, 0.2) is 5.13 Å². The molecule has 7 nitrogen and oxygen atoms in total. The van der Waals surface area contributed by atoms with E-state index in [0.717, 1.165) is 66.0 Å². The van der Waals surface area contributed by atoms with Crippen molar-refractivity contribution in [2.24, 2.45) is 0 Å². The normalized spacial score (nSPS) is 14.1. The first-order valence-corrected chi connectivity index (χ1v) is 12.1. The molecule has 0 saturated carbocycles. The van der Waals surface area contributed by atoms with Crippen LogP contribution in [0.1, 0.15) is 22.5 Å². The molecule has 0 bridgehead atoms. The molecule has 4 aromatic rings. The standard InChI is InChI=1S/C25H27N5O2S.ClH/c1-19-21(18-26-30(19)20-8-3-2-4-9-20)24(31)29(13-7-12-28-14-16-32-17-15-28)25-27-22-10-5-6-11-23(22)33-25;/h2-6,8-11,18H,7,12-17H2,1H3;1H. The number of amides is 1. The van der Waals surface area contributed by atoms with Gasteiger partial charge in [0.1, 0.15) is 0 Å². The maximum atomic E-state index is 13.8. The van der Waals surface area contributed by atoms with Crippen molar-refractivity contribution in [2.75, 3.05) is 44.3 Å². The molecule has 1 fully saturated rings. The van der Waals surface area contributed by atoms with Gasteiger partial charge in [-0.2, -0.15) is 5.10 Å². The summed E-state index contributed by atoms with van der Waals surface area (Å²) in [6, 6.07) is 17.9. The lowest BCUT2D eigenvalue weighted by molar-refractivity contribution is 0.0376. The summed E-state index contributed by atoms with van der Waals surface area (Å²) < 4.78 is 8.35. The van der Waals surface area contributed by atoms with Gasteiger partial charge < -0.3 is 4.74 Å². The molecular formula is C25H28ClN5O2S. The van der Waals surface area contributed by atoms with Gasteiger partial charge in [0.2, 0.25) is 0 Å². The first-order valence-electron chi connectivity index (χ1n) is 11.3. The maximum Gasteiger partial charge on any atom is 0.263 e. The summed E-state index contributed by atoms with van der Waals surface area (Å²) in [4.78, 5) is 22.8. The summed E-state index contributed by atoms with van der Waals surface area (Å²) >= 11 is 1.56. The minimum atomic E-state index is -0.0595. The molecule has 3 heterocycles.